The minimum absolute atomic E-state index is 0.0418. The molecule has 1 aliphatic carbocycles. The number of carbonyl (C=O) groups is 2. The molecule has 2 aromatic rings. The van der Waals surface area contributed by atoms with Gasteiger partial charge in [0.2, 0.25) is 0 Å². The molecule has 3 heterocycles. The van der Waals surface area contributed by atoms with Gasteiger partial charge in [0.15, 0.2) is 11.5 Å². The minimum Gasteiger partial charge on any atom is -0.345 e. The van der Waals surface area contributed by atoms with Crippen LogP contribution in [-0.2, 0) is 4.79 Å². The van der Waals surface area contributed by atoms with Crippen LogP contribution in [0.4, 0.5) is 10.6 Å². The van der Waals surface area contributed by atoms with Crippen molar-refractivity contribution in [3.63, 3.8) is 0 Å². The van der Waals surface area contributed by atoms with E-state index in [-0.39, 0.29) is 17.6 Å². The van der Waals surface area contributed by atoms with Crippen molar-refractivity contribution in [2.75, 3.05) is 18.4 Å². The van der Waals surface area contributed by atoms with E-state index in [9.17, 15) is 9.59 Å². The SMILES string of the molecule is O=CC1(N2CCCC(NC(=O)Nc3cnc4[nH]ccc4n3)C2)CC1. The van der Waals surface area contributed by atoms with E-state index in [1.165, 1.54) is 6.20 Å². The molecule has 1 aliphatic heterocycles. The highest BCUT2D eigenvalue weighted by atomic mass is 16.2. The smallest absolute Gasteiger partial charge is 0.320 e. The normalized spacial score (nSPS) is 22.9. The number of carbonyl (C=O) groups excluding carboxylic acids is 2. The van der Waals surface area contributed by atoms with Gasteiger partial charge in [-0.1, -0.05) is 0 Å². The maximum absolute atomic E-state index is 12.2. The van der Waals surface area contributed by atoms with Crippen LogP contribution in [0, 0.1) is 0 Å². The lowest BCUT2D eigenvalue weighted by Gasteiger charge is -2.36. The van der Waals surface area contributed by atoms with Crippen LogP contribution in [0.3, 0.4) is 0 Å². The van der Waals surface area contributed by atoms with Gasteiger partial charge < -0.3 is 15.1 Å². The van der Waals surface area contributed by atoms with Gasteiger partial charge in [-0.15, -0.1) is 0 Å². The maximum atomic E-state index is 12.2. The molecular formula is C16H20N6O2. The van der Waals surface area contributed by atoms with Gasteiger partial charge in [0.25, 0.3) is 0 Å². The second kappa shape index (κ2) is 5.86. The number of anilines is 1. The molecule has 0 spiro atoms. The predicted molar refractivity (Wildman–Crippen MR) is 88.7 cm³/mol. The summed E-state index contributed by atoms with van der Waals surface area (Å²) in [5.41, 5.74) is 1.13. The van der Waals surface area contributed by atoms with E-state index in [0.717, 1.165) is 38.5 Å². The van der Waals surface area contributed by atoms with Crippen LogP contribution in [0.5, 0.6) is 0 Å². The van der Waals surface area contributed by atoms with E-state index in [2.05, 4.69) is 30.5 Å². The Labute approximate surface area is 139 Å². The number of rotatable bonds is 4. The Morgan fingerprint density at radius 3 is 3.12 bits per heavy atom. The van der Waals surface area contributed by atoms with Crippen LogP contribution in [0.2, 0.25) is 0 Å². The Morgan fingerprint density at radius 2 is 2.33 bits per heavy atom. The highest BCUT2D eigenvalue weighted by Gasteiger charge is 2.49. The summed E-state index contributed by atoms with van der Waals surface area (Å²) in [6.07, 6.45) is 8.11. The molecule has 1 atom stereocenters. The molecule has 3 N–H and O–H groups in total. The largest absolute Gasteiger partial charge is 0.345 e. The van der Waals surface area contributed by atoms with Crippen LogP contribution in [0.1, 0.15) is 25.7 Å². The number of nitrogens with one attached hydrogen (secondary N) is 3. The molecule has 0 bridgehead atoms. The van der Waals surface area contributed by atoms with Gasteiger partial charge in [0, 0.05) is 18.8 Å². The first-order valence-electron chi connectivity index (χ1n) is 8.28. The molecule has 2 aromatic heterocycles. The maximum Gasteiger partial charge on any atom is 0.320 e. The van der Waals surface area contributed by atoms with Crippen molar-refractivity contribution in [2.24, 2.45) is 0 Å². The van der Waals surface area contributed by atoms with Gasteiger partial charge in [0.05, 0.1) is 11.7 Å². The van der Waals surface area contributed by atoms with Gasteiger partial charge in [-0.2, -0.15) is 0 Å². The Bertz CT molecular complexity index is 769. The number of aldehydes is 1. The van der Waals surface area contributed by atoms with Gasteiger partial charge >= 0.3 is 6.03 Å². The van der Waals surface area contributed by atoms with E-state index in [1.54, 1.807) is 12.3 Å². The first-order chi connectivity index (χ1) is 11.7. The molecule has 8 nitrogen and oxygen atoms in total. The van der Waals surface area contributed by atoms with Crippen LogP contribution < -0.4 is 10.6 Å². The number of aromatic amines is 1. The molecular weight excluding hydrogens is 308 g/mol. The van der Waals surface area contributed by atoms with Crippen LogP contribution in [-0.4, -0.2) is 56.8 Å². The summed E-state index contributed by atoms with van der Waals surface area (Å²) in [7, 11) is 0. The number of fused-ring (bicyclic) bond motifs is 1. The van der Waals surface area contributed by atoms with E-state index in [0.29, 0.717) is 23.5 Å². The fraction of sp³-hybridized carbons (Fsp3) is 0.500. The quantitative estimate of drug-likeness (QED) is 0.734. The van der Waals surface area contributed by atoms with Crippen molar-refractivity contribution < 1.29 is 9.59 Å². The third-order valence-electron chi connectivity index (χ3n) is 4.87. The number of hydrogen-bond donors (Lipinski definition) is 3. The summed E-state index contributed by atoms with van der Waals surface area (Å²) >= 11 is 0. The Morgan fingerprint density at radius 1 is 1.46 bits per heavy atom. The van der Waals surface area contributed by atoms with Crippen molar-refractivity contribution in [3.05, 3.63) is 18.5 Å². The number of amides is 2. The molecule has 2 aliphatic rings. The average Bonchev–Trinajstić information content (AvgIpc) is 3.26. The lowest BCUT2D eigenvalue weighted by molar-refractivity contribution is -0.114. The summed E-state index contributed by atoms with van der Waals surface area (Å²) < 4.78 is 0. The Hall–Kier alpha value is -2.48. The molecule has 0 radical (unpaired) electrons. The van der Waals surface area contributed by atoms with E-state index < -0.39 is 0 Å². The Balaban J connectivity index is 1.36. The van der Waals surface area contributed by atoms with Gasteiger partial charge in [-0.25, -0.2) is 14.8 Å². The summed E-state index contributed by atoms with van der Waals surface area (Å²) in [5.74, 6) is 0.416. The number of nitrogens with zero attached hydrogens (tertiary/aromatic N) is 3. The minimum atomic E-state index is -0.290. The van der Waals surface area contributed by atoms with E-state index >= 15 is 0 Å². The zero-order valence-electron chi connectivity index (χ0n) is 13.3. The number of aromatic nitrogens is 3. The first kappa shape index (κ1) is 15.1. The van der Waals surface area contributed by atoms with Crippen molar-refractivity contribution in [1.29, 1.82) is 0 Å². The fourth-order valence-corrected chi connectivity index (χ4v) is 3.36. The molecule has 24 heavy (non-hydrogen) atoms. The lowest BCUT2D eigenvalue weighted by Crippen LogP contribution is -2.53. The number of piperidine rings is 1. The molecule has 126 valence electrons. The Kier molecular flexibility index (Phi) is 3.68. The molecule has 4 rings (SSSR count). The van der Waals surface area contributed by atoms with Gasteiger partial charge in [-0.05, 0) is 38.3 Å². The highest BCUT2D eigenvalue weighted by molar-refractivity contribution is 5.89. The molecule has 1 saturated carbocycles. The van der Waals surface area contributed by atoms with Crippen LogP contribution >= 0.6 is 0 Å². The van der Waals surface area contributed by atoms with E-state index in [1.807, 2.05) is 0 Å². The average molecular weight is 328 g/mol. The second-order valence-corrected chi connectivity index (χ2v) is 6.57. The van der Waals surface area contributed by atoms with Crippen molar-refractivity contribution >= 4 is 29.3 Å². The third kappa shape index (κ3) is 2.84. The molecule has 0 aromatic carbocycles. The number of urea groups is 1. The fourth-order valence-electron chi connectivity index (χ4n) is 3.36. The highest BCUT2D eigenvalue weighted by Crippen LogP contribution is 2.41. The zero-order valence-corrected chi connectivity index (χ0v) is 13.3. The molecule has 2 amide bonds. The number of H-pyrrole nitrogens is 1. The molecule has 2 fully saturated rings. The van der Waals surface area contributed by atoms with Gasteiger partial charge in [-0.3, -0.25) is 10.2 Å². The standard InChI is InChI=1S/C16H20N6O2/c23-10-16(4-5-16)22-7-1-2-11(9-22)19-15(24)21-13-8-18-14-12(20-13)3-6-17-14/h3,6,8,10-11H,1-2,4-5,7,9H2,(H,17,18)(H2,19,20,21,24). The zero-order chi connectivity index (χ0) is 16.6. The predicted octanol–water partition coefficient (Wildman–Crippen LogP) is 1.28. The molecule has 1 saturated heterocycles. The van der Waals surface area contributed by atoms with Crippen molar-refractivity contribution in [1.82, 2.24) is 25.2 Å². The first-order valence-corrected chi connectivity index (χ1v) is 8.28. The van der Waals surface area contributed by atoms with Crippen LogP contribution in [0.15, 0.2) is 18.5 Å². The summed E-state index contributed by atoms with van der Waals surface area (Å²) in [5, 5.41) is 5.71. The molecule has 1 unspecified atom stereocenters. The topological polar surface area (TPSA) is 103 Å². The third-order valence-corrected chi connectivity index (χ3v) is 4.87. The second-order valence-electron chi connectivity index (χ2n) is 6.57. The summed E-state index contributed by atoms with van der Waals surface area (Å²) in [6.45, 7) is 1.64. The van der Waals surface area contributed by atoms with Crippen molar-refractivity contribution in [2.45, 2.75) is 37.3 Å². The van der Waals surface area contributed by atoms with Crippen molar-refractivity contribution in [3.8, 4) is 0 Å². The van der Waals surface area contributed by atoms with Gasteiger partial charge in [0.1, 0.15) is 11.8 Å². The summed E-state index contributed by atoms with van der Waals surface area (Å²) in [6, 6.07) is 1.56. The molecule has 8 heteroatoms. The van der Waals surface area contributed by atoms with Crippen LogP contribution in [0.25, 0.3) is 11.2 Å². The number of hydrogen-bond acceptors (Lipinski definition) is 5. The van der Waals surface area contributed by atoms with E-state index in [4.69, 9.17) is 0 Å². The summed E-state index contributed by atoms with van der Waals surface area (Å²) in [4.78, 5) is 37.2. The lowest BCUT2D eigenvalue weighted by atomic mass is 10.0. The monoisotopic (exact) mass is 328 g/mol. The number of likely N-dealkylation sites (tertiary alicyclic amines) is 1.